The maximum Gasteiger partial charge on any atom is 0.320 e. The molecule has 110 valence electrons. The van der Waals surface area contributed by atoms with Crippen molar-refractivity contribution in [2.75, 3.05) is 13.7 Å². The van der Waals surface area contributed by atoms with E-state index < -0.39 is 5.97 Å². The van der Waals surface area contributed by atoms with Gasteiger partial charge in [0.1, 0.15) is 11.8 Å². The van der Waals surface area contributed by atoms with Gasteiger partial charge < -0.3 is 9.84 Å². The van der Waals surface area contributed by atoms with Crippen LogP contribution in [-0.2, 0) is 11.3 Å². The number of carboxylic acids is 1. The van der Waals surface area contributed by atoms with Crippen LogP contribution in [0.5, 0.6) is 5.75 Å². The molecule has 1 heterocycles. The van der Waals surface area contributed by atoms with Crippen molar-refractivity contribution in [3.8, 4) is 5.75 Å². The molecule has 1 fully saturated rings. The quantitative estimate of drug-likeness (QED) is 0.899. The normalized spacial score (nSPS) is 23.5. The van der Waals surface area contributed by atoms with E-state index in [-0.39, 0.29) is 6.04 Å². The molecule has 0 bridgehead atoms. The highest BCUT2D eigenvalue weighted by Crippen LogP contribution is 2.27. The zero-order valence-electron chi connectivity index (χ0n) is 12.2. The van der Waals surface area contributed by atoms with E-state index in [1.54, 1.807) is 7.11 Å². The second-order valence-corrected chi connectivity index (χ2v) is 5.47. The first kappa shape index (κ1) is 14.9. The number of nitrogens with zero attached hydrogens (tertiary/aromatic N) is 1. The standard InChI is InChI=1S/C16H23NO3/c1-3-12-7-8-17(15(10-12)16(18)19)11-13-5-4-6-14(9-13)20-2/h4-6,9,12,15H,3,7-8,10-11H2,1-2H3,(H,18,19). The minimum absolute atomic E-state index is 0.361. The van der Waals surface area contributed by atoms with Gasteiger partial charge in [-0.15, -0.1) is 0 Å². The third-order valence-corrected chi connectivity index (χ3v) is 4.20. The summed E-state index contributed by atoms with van der Waals surface area (Å²) in [4.78, 5) is 13.5. The van der Waals surface area contributed by atoms with Gasteiger partial charge >= 0.3 is 5.97 Å². The van der Waals surface area contributed by atoms with Crippen molar-refractivity contribution in [2.24, 2.45) is 5.92 Å². The molecule has 0 aliphatic carbocycles. The maximum atomic E-state index is 11.5. The van der Waals surface area contributed by atoms with Gasteiger partial charge in [-0.25, -0.2) is 0 Å². The molecule has 1 saturated heterocycles. The number of piperidine rings is 1. The molecule has 0 amide bonds. The van der Waals surface area contributed by atoms with Crippen LogP contribution in [0.25, 0.3) is 0 Å². The van der Waals surface area contributed by atoms with Crippen molar-refractivity contribution in [1.29, 1.82) is 0 Å². The predicted molar refractivity (Wildman–Crippen MR) is 77.8 cm³/mol. The van der Waals surface area contributed by atoms with Gasteiger partial charge in [0.05, 0.1) is 7.11 Å². The average Bonchev–Trinajstić information content (AvgIpc) is 2.47. The van der Waals surface area contributed by atoms with Gasteiger partial charge in [-0.2, -0.15) is 0 Å². The fourth-order valence-corrected chi connectivity index (χ4v) is 2.91. The Morgan fingerprint density at radius 2 is 2.30 bits per heavy atom. The molecule has 1 aromatic carbocycles. The summed E-state index contributed by atoms with van der Waals surface area (Å²) < 4.78 is 5.22. The first-order valence-corrected chi connectivity index (χ1v) is 7.23. The van der Waals surface area contributed by atoms with Gasteiger partial charge in [-0.1, -0.05) is 25.5 Å². The Morgan fingerprint density at radius 3 is 2.95 bits per heavy atom. The minimum atomic E-state index is -0.703. The number of rotatable bonds is 5. The molecule has 2 unspecified atom stereocenters. The monoisotopic (exact) mass is 277 g/mol. The van der Waals surface area contributed by atoms with Crippen LogP contribution in [0.2, 0.25) is 0 Å². The van der Waals surface area contributed by atoms with E-state index >= 15 is 0 Å². The van der Waals surface area contributed by atoms with Crippen LogP contribution in [0.1, 0.15) is 31.7 Å². The highest BCUT2D eigenvalue weighted by Gasteiger charge is 2.32. The fraction of sp³-hybridized carbons (Fsp3) is 0.562. The van der Waals surface area contributed by atoms with Crippen molar-refractivity contribution in [3.63, 3.8) is 0 Å². The van der Waals surface area contributed by atoms with Crippen molar-refractivity contribution >= 4 is 5.97 Å². The molecule has 1 aliphatic heterocycles. The third-order valence-electron chi connectivity index (χ3n) is 4.20. The van der Waals surface area contributed by atoms with Gasteiger partial charge in [0.15, 0.2) is 0 Å². The van der Waals surface area contributed by atoms with Gasteiger partial charge in [-0.05, 0) is 43.0 Å². The summed E-state index contributed by atoms with van der Waals surface area (Å²) in [6.07, 6.45) is 2.91. The Labute approximate surface area is 120 Å². The predicted octanol–water partition coefficient (Wildman–Crippen LogP) is 2.77. The molecule has 2 atom stereocenters. The maximum absolute atomic E-state index is 11.5. The van der Waals surface area contributed by atoms with E-state index in [0.29, 0.717) is 12.5 Å². The Morgan fingerprint density at radius 1 is 1.50 bits per heavy atom. The highest BCUT2D eigenvalue weighted by molar-refractivity contribution is 5.73. The Balaban J connectivity index is 2.08. The molecule has 4 nitrogen and oxygen atoms in total. The van der Waals surface area contributed by atoms with E-state index in [1.165, 1.54) is 0 Å². The molecular formula is C16H23NO3. The molecular weight excluding hydrogens is 254 g/mol. The number of carbonyl (C=O) groups is 1. The number of hydrogen-bond acceptors (Lipinski definition) is 3. The number of benzene rings is 1. The second-order valence-electron chi connectivity index (χ2n) is 5.47. The van der Waals surface area contributed by atoms with Gasteiger partial charge in [0.2, 0.25) is 0 Å². The van der Waals surface area contributed by atoms with Crippen LogP contribution >= 0.6 is 0 Å². The Kier molecular flexibility index (Phi) is 5.01. The van der Waals surface area contributed by atoms with Gasteiger partial charge in [0.25, 0.3) is 0 Å². The number of methoxy groups -OCH3 is 1. The second kappa shape index (κ2) is 6.75. The average molecular weight is 277 g/mol. The van der Waals surface area contributed by atoms with Crippen LogP contribution in [0.4, 0.5) is 0 Å². The van der Waals surface area contributed by atoms with E-state index in [2.05, 4.69) is 11.8 Å². The Bertz CT molecular complexity index is 461. The summed E-state index contributed by atoms with van der Waals surface area (Å²) in [7, 11) is 1.64. The SMILES string of the molecule is CCC1CCN(Cc2cccc(OC)c2)C(C(=O)O)C1. The molecule has 2 rings (SSSR count). The van der Waals surface area contributed by atoms with E-state index in [4.69, 9.17) is 4.74 Å². The summed E-state index contributed by atoms with van der Waals surface area (Å²) in [5.41, 5.74) is 1.10. The lowest BCUT2D eigenvalue weighted by Gasteiger charge is -2.37. The van der Waals surface area contributed by atoms with Crippen molar-refractivity contribution < 1.29 is 14.6 Å². The van der Waals surface area contributed by atoms with Gasteiger partial charge in [0, 0.05) is 6.54 Å². The number of likely N-dealkylation sites (tertiary alicyclic amines) is 1. The fourth-order valence-electron chi connectivity index (χ4n) is 2.91. The summed E-state index contributed by atoms with van der Waals surface area (Å²) in [6.45, 7) is 3.67. The molecule has 0 aromatic heterocycles. The first-order valence-electron chi connectivity index (χ1n) is 7.23. The summed E-state index contributed by atoms with van der Waals surface area (Å²) >= 11 is 0. The van der Waals surface area contributed by atoms with E-state index in [9.17, 15) is 9.90 Å². The summed E-state index contributed by atoms with van der Waals surface area (Å²) in [5, 5.41) is 9.43. The summed E-state index contributed by atoms with van der Waals surface area (Å²) in [5.74, 6) is 0.654. The molecule has 0 saturated carbocycles. The van der Waals surface area contributed by atoms with Gasteiger partial charge in [-0.3, -0.25) is 9.69 Å². The molecule has 0 radical (unpaired) electrons. The third kappa shape index (κ3) is 3.51. The van der Waals surface area contributed by atoms with Crippen molar-refractivity contribution in [1.82, 2.24) is 4.90 Å². The zero-order chi connectivity index (χ0) is 14.5. The van der Waals surface area contributed by atoms with E-state index in [1.807, 2.05) is 24.3 Å². The number of aliphatic carboxylic acids is 1. The minimum Gasteiger partial charge on any atom is -0.497 e. The molecule has 1 aliphatic rings. The molecule has 1 aromatic rings. The molecule has 0 spiro atoms. The molecule has 20 heavy (non-hydrogen) atoms. The highest BCUT2D eigenvalue weighted by atomic mass is 16.5. The largest absolute Gasteiger partial charge is 0.497 e. The molecule has 4 heteroatoms. The van der Waals surface area contributed by atoms with Crippen molar-refractivity contribution in [2.45, 2.75) is 38.8 Å². The van der Waals surface area contributed by atoms with Crippen LogP contribution < -0.4 is 4.74 Å². The number of hydrogen-bond donors (Lipinski definition) is 1. The molecule has 1 N–H and O–H groups in total. The zero-order valence-corrected chi connectivity index (χ0v) is 12.2. The van der Waals surface area contributed by atoms with E-state index in [0.717, 1.165) is 37.1 Å². The van der Waals surface area contributed by atoms with Crippen LogP contribution in [0.15, 0.2) is 24.3 Å². The number of ether oxygens (including phenoxy) is 1. The van der Waals surface area contributed by atoms with Crippen LogP contribution in [0, 0.1) is 5.92 Å². The lowest BCUT2D eigenvalue weighted by molar-refractivity contribution is -0.145. The lowest BCUT2D eigenvalue weighted by Crippen LogP contribution is -2.46. The van der Waals surface area contributed by atoms with Crippen LogP contribution in [-0.4, -0.2) is 35.7 Å². The van der Waals surface area contributed by atoms with Crippen molar-refractivity contribution in [3.05, 3.63) is 29.8 Å². The number of carboxylic acid groups (broad SMARTS) is 1. The Hall–Kier alpha value is -1.55. The topological polar surface area (TPSA) is 49.8 Å². The summed E-state index contributed by atoms with van der Waals surface area (Å²) in [6, 6.07) is 7.49. The first-order chi connectivity index (χ1) is 9.63. The smallest absolute Gasteiger partial charge is 0.320 e. The van der Waals surface area contributed by atoms with Crippen LogP contribution in [0.3, 0.4) is 0 Å². The lowest BCUT2D eigenvalue weighted by atomic mass is 9.88.